The fourth-order valence-electron chi connectivity index (χ4n) is 2.77. The van der Waals surface area contributed by atoms with E-state index in [1.807, 2.05) is 32.0 Å². The molecule has 0 radical (unpaired) electrons. The Hall–Kier alpha value is -2.37. The van der Waals surface area contributed by atoms with Gasteiger partial charge in [-0.05, 0) is 44.9 Å². The predicted octanol–water partition coefficient (Wildman–Crippen LogP) is 1.72. The van der Waals surface area contributed by atoms with Gasteiger partial charge in [0.1, 0.15) is 0 Å². The minimum atomic E-state index is -0.859. The summed E-state index contributed by atoms with van der Waals surface area (Å²) < 4.78 is 5.21. The van der Waals surface area contributed by atoms with Crippen molar-refractivity contribution in [3.05, 3.63) is 29.3 Å². The highest BCUT2D eigenvalue weighted by Gasteiger charge is 2.37. The Labute approximate surface area is 142 Å². The Morgan fingerprint density at radius 1 is 1.38 bits per heavy atom. The summed E-state index contributed by atoms with van der Waals surface area (Å²) in [6, 6.07) is 5.76. The lowest BCUT2D eigenvalue weighted by molar-refractivity contribution is -0.158. The van der Waals surface area contributed by atoms with Crippen LogP contribution in [0.3, 0.4) is 0 Å². The molecule has 1 aliphatic heterocycles. The van der Waals surface area contributed by atoms with E-state index in [0.717, 1.165) is 16.8 Å². The number of hydrogen-bond donors (Lipinski definition) is 1. The Morgan fingerprint density at radius 3 is 2.75 bits per heavy atom. The topological polar surface area (TPSA) is 75.7 Å². The maximum atomic E-state index is 12.3. The zero-order valence-electron chi connectivity index (χ0n) is 14.6. The smallest absolute Gasteiger partial charge is 0.312 e. The quantitative estimate of drug-likeness (QED) is 0.833. The lowest BCUT2D eigenvalue weighted by atomic mass is 10.1. The van der Waals surface area contributed by atoms with E-state index in [4.69, 9.17) is 4.74 Å². The number of nitrogens with one attached hydrogen (secondary N) is 1. The molecule has 2 atom stereocenters. The van der Waals surface area contributed by atoms with Gasteiger partial charge in [-0.15, -0.1) is 0 Å². The van der Waals surface area contributed by atoms with Crippen LogP contribution in [0.5, 0.6) is 0 Å². The largest absolute Gasteiger partial charge is 0.452 e. The molecule has 1 heterocycles. The molecule has 6 nitrogen and oxygen atoms in total. The Balaban J connectivity index is 2.05. The fourth-order valence-corrected chi connectivity index (χ4v) is 2.77. The molecular weight excluding hydrogens is 308 g/mol. The molecule has 1 fully saturated rings. The number of ether oxygens (including phenoxy) is 1. The van der Waals surface area contributed by atoms with E-state index < -0.39 is 18.0 Å². The second-order valence-corrected chi connectivity index (χ2v) is 6.10. The summed E-state index contributed by atoms with van der Waals surface area (Å²) in [5.41, 5.74) is 2.94. The van der Waals surface area contributed by atoms with Crippen LogP contribution in [0.25, 0.3) is 0 Å². The molecule has 0 saturated carbocycles. The first-order valence-electron chi connectivity index (χ1n) is 8.20. The number of carbonyl (C=O) groups excluding carboxylic acids is 3. The lowest BCUT2D eigenvalue weighted by Gasteiger charge is -2.20. The molecule has 1 N–H and O–H groups in total. The van der Waals surface area contributed by atoms with Crippen molar-refractivity contribution >= 4 is 23.5 Å². The van der Waals surface area contributed by atoms with E-state index in [-0.39, 0.29) is 24.8 Å². The standard InChI is InChI=1S/C18H24N2O4/c1-5-19-17(22)13(4)24-18(23)14-9-16(21)20(10-14)15-8-6-7-11(2)12(15)3/h6-8,13-14H,5,9-10H2,1-4H3,(H,19,22)/t13-,14+/m1/s1. The van der Waals surface area contributed by atoms with Crippen LogP contribution < -0.4 is 10.2 Å². The maximum absolute atomic E-state index is 12.3. The number of rotatable bonds is 5. The molecule has 1 aromatic rings. The first-order valence-corrected chi connectivity index (χ1v) is 8.20. The summed E-state index contributed by atoms with van der Waals surface area (Å²) in [5.74, 6) is -1.48. The third-order valence-electron chi connectivity index (χ3n) is 4.34. The van der Waals surface area contributed by atoms with Gasteiger partial charge in [0.05, 0.1) is 5.92 Å². The Kier molecular flexibility index (Phi) is 5.59. The number of aryl methyl sites for hydroxylation is 1. The molecule has 1 saturated heterocycles. The number of anilines is 1. The molecule has 0 unspecified atom stereocenters. The summed E-state index contributed by atoms with van der Waals surface area (Å²) in [7, 11) is 0. The minimum Gasteiger partial charge on any atom is -0.452 e. The Morgan fingerprint density at radius 2 is 2.08 bits per heavy atom. The molecular formula is C18H24N2O4. The number of amides is 2. The van der Waals surface area contributed by atoms with Gasteiger partial charge in [0.25, 0.3) is 5.91 Å². The Bertz CT molecular complexity index is 656. The molecule has 0 bridgehead atoms. The average Bonchev–Trinajstić information content (AvgIpc) is 2.92. The van der Waals surface area contributed by atoms with Gasteiger partial charge < -0.3 is 15.0 Å². The highest BCUT2D eigenvalue weighted by molar-refractivity contribution is 6.00. The van der Waals surface area contributed by atoms with Crippen LogP contribution in [0.1, 0.15) is 31.4 Å². The van der Waals surface area contributed by atoms with Crippen molar-refractivity contribution in [2.75, 3.05) is 18.0 Å². The summed E-state index contributed by atoms with van der Waals surface area (Å²) in [5, 5.41) is 2.60. The molecule has 24 heavy (non-hydrogen) atoms. The normalized spacial score (nSPS) is 18.4. The van der Waals surface area contributed by atoms with Gasteiger partial charge >= 0.3 is 5.97 Å². The molecule has 0 aromatic heterocycles. The summed E-state index contributed by atoms with van der Waals surface area (Å²) in [6.07, 6.45) is -0.753. The average molecular weight is 332 g/mol. The SMILES string of the molecule is CCNC(=O)[C@@H](C)OC(=O)[C@H]1CC(=O)N(c2cccc(C)c2C)C1. The van der Waals surface area contributed by atoms with Crippen LogP contribution in [-0.4, -0.2) is 37.0 Å². The molecule has 0 spiro atoms. The van der Waals surface area contributed by atoms with Crippen molar-refractivity contribution in [2.45, 2.75) is 40.2 Å². The highest BCUT2D eigenvalue weighted by atomic mass is 16.5. The second kappa shape index (κ2) is 7.47. The molecule has 1 aromatic carbocycles. The first-order chi connectivity index (χ1) is 11.3. The molecule has 130 valence electrons. The van der Waals surface area contributed by atoms with Crippen molar-refractivity contribution < 1.29 is 19.1 Å². The zero-order chi connectivity index (χ0) is 17.9. The van der Waals surface area contributed by atoms with Gasteiger partial charge in [0.15, 0.2) is 6.10 Å². The summed E-state index contributed by atoms with van der Waals surface area (Å²) >= 11 is 0. The number of nitrogens with zero attached hydrogens (tertiary/aromatic N) is 1. The van der Waals surface area contributed by atoms with Crippen molar-refractivity contribution in [2.24, 2.45) is 5.92 Å². The molecule has 2 rings (SSSR count). The van der Waals surface area contributed by atoms with Gasteiger partial charge in [0.2, 0.25) is 5.91 Å². The monoisotopic (exact) mass is 332 g/mol. The second-order valence-electron chi connectivity index (χ2n) is 6.10. The fraction of sp³-hybridized carbons (Fsp3) is 0.500. The lowest BCUT2D eigenvalue weighted by Crippen LogP contribution is -2.37. The van der Waals surface area contributed by atoms with E-state index in [0.29, 0.717) is 6.54 Å². The van der Waals surface area contributed by atoms with Gasteiger partial charge in [-0.25, -0.2) is 0 Å². The molecule has 2 amide bonds. The van der Waals surface area contributed by atoms with Crippen molar-refractivity contribution in [1.29, 1.82) is 0 Å². The first kappa shape index (κ1) is 18.0. The molecule has 1 aliphatic rings. The molecule has 0 aliphatic carbocycles. The zero-order valence-corrected chi connectivity index (χ0v) is 14.6. The van der Waals surface area contributed by atoms with E-state index in [2.05, 4.69) is 5.32 Å². The number of benzene rings is 1. The van der Waals surface area contributed by atoms with E-state index >= 15 is 0 Å². The summed E-state index contributed by atoms with van der Waals surface area (Å²) in [6.45, 7) is 8.03. The number of carbonyl (C=O) groups is 3. The van der Waals surface area contributed by atoms with Crippen LogP contribution >= 0.6 is 0 Å². The van der Waals surface area contributed by atoms with Crippen LogP contribution in [0.15, 0.2) is 18.2 Å². The van der Waals surface area contributed by atoms with Crippen molar-refractivity contribution in [1.82, 2.24) is 5.32 Å². The van der Waals surface area contributed by atoms with Crippen LogP contribution in [0, 0.1) is 19.8 Å². The van der Waals surface area contributed by atoms with Gasteiger partial charge in [-0.3, -0.25) is 14.4 Å². The maximum Gasteiger partial charge on any atom is 0.312 e. The van der Waals surface area contributed by atoms with Gasteiger partial charge in [0, 0.05) is 25.2 Å². The number of likely N-dealkylation sites (N-methyl/N-ethyl adjacent to an activating group) is 1. The van der Waals surface area contributed by atoms with Gasteiger partial charge in [-0.2, -0.15) is 0 Å². The number of hydrogen-bond acceptors (Lipinski definition) is 4. The minimum absolute atomic E-state index is 0.101. The van der Waals surface area contributed by atoms with Crippen LogP contribution in [-0.2, 0) is 19.1 Å². The van der Waals surface area contributed by atoms with Crippen molar-refractivity contribution in [3.63, 3.8) is 0 Å². The number of esters is 1. The molecule has 6 heteroatoms. The van der Waals surface area contributed by atoms with Crippen molar-refractivity contribution in [3.8, 4) is 0 Å². The third kappa shape index (κ3) is 3.75. The van der Waals surface area contributed by atoms with E-state index in [1.165, 1.54) is 6.92 Å². The van der Waals surface area contributed by atoms with Crippen LogP contribution in [0.4, 0.5) is 5.69 Å². The third-order valence-corrected chi connectivity index (χ3v) is 4.34. The van der Waals surface area contributed by atoms with E-state index in [9.17, 15) is 14.4 Å². The van der Waals surface area contributed by atoms with Gasteiger partial charge in [-0.1, -0.05) is 12.1 Å². The van der Waals surface area contributed by atoms with E-state index in [1.54, 1.807) is 11.8 Å². The summed E-state index contributed by atoms with van der Waals surface area (Å²) in [4.78, 5) is 37.9. The van der Waals surface area contributed by atoms with Crippen LogP contribution in [0.2, 0.25) is 0 Å². The highest BCUT2D eigenvalue weighted by Crippen LogP contribution is 2.30. The predicted molar refractivity (Wildman–Crippen MR) is 90.6 cm³/mol.